The minimum atomic E-state index is -1.02. The van der Waals surface area contributed by atoms with Gasteiger partial charge in [0.1, 0.15) is 5.75 Å². The number of carboxylic acids is 1. The summed E-state index contributed by atoms with van der Waals surface area (Å²) in [5.74, 6) is -0.507. The smallest absolute Gasteiger partial charge is 0.341 e. The largest absolute Gasteiger partial charge is 0.481 e. The molecule has 0 aliphatic rings. The zero-order chi connectivity index (χ0) is 24.9. The first-order valence-electron chi connectivity index (χ1n) is 11.5. The van der Waals surface area contributed by atoms with E-state index in [1.165, 1.54) is 11.8 Å². The Morgan fingerprint density at radius 3 is 2.42 bits per heavy atom. The van der Waals surface area contributed by atoms with Crippen molar-refractivity contribution in [2.45, 2.75) is 74.6 Å². The van der Waals surface area contributed by atoms with Crippen molar-refractivity contribution in [3.63, 3.8) is 0 Å². The Hall–Kier alpha value is -1.83. The molecule has 0 amide bonds. The summed E-state index contributed by atoms with van der Waals surface area (Å²) in [6.07, 6.45) is 15.9. The molecule has 0 saturated carbocycles. The third-order valence-corrected chi connectivity index (χ3v) is 6.49. The van der Waals surface area contributed by atoms with Gasteiger partial charge in [0.25, 0.3) is 0 Å². The molecule has 0 aromatic heterocycles. The van der Waals surface area contributed by atoms with E-state index in [2.05, 4.69) is 25.3 Å². The van der Waals surface area contributed by atoms with Crippen molar-refractivity contribution in [3.05, 3.63) is 48.7 Å². The molecule has 0 saturated heterocycles. The second kappa shape index (κ2) is 15.1. The summed E-state index contributed by atoms with van der Waals surface area (Å²) in [6.45, 7) is 10.5. The number of hydrogen-bond acceptors (Lipinski definition) is 6. The minimum absolute atomic E-state index is 0.355. The van der Waals surface area contributed by atoms with E-state index < -0.39 is 12.6 Å². The van der Waals surface area contributed by atoms with Gasteiger partial charge >= 0.3 is 5.97 Å². The maximum atomic E-state index is 11.0. The monoisotopic (exact) mass is 492 g/mol. The van der Waals surface area contributed by atoms with Crippen molar-refractivity contribution < 1.29 is 14.6 Å². The predicted molar refractivity (Wildman–Crippen MR) is 145 cm³/mol. The molecule has 0 radical (unpaired) electrons. The lowest BCUT2D eigenvalue weighted by molar-refractivity contribution is -0.139. The molecule has 0 fully saturated rings. The average molecular weight is 493 g/mol. The highest BCUT2D eigenvalue weighted by Gasteiger charge is 2.29. The number of hydrogen-bond donors (Lipinski definition) is 3. The van der Waals surface area contributed by atoms with E-state index in [-0.39, 0.29) is 5.54 Å². The maximum Gasteiger partial charge on any atom is 0.341 e. The van der Waals surface area contributed by atoms with Gasteiger partial charge in [-0.05, 0) is 50.3 Å². The van der Waals surface area contributed by atoms with Gasteiger partial charge in [0.05, 0.1) is 10.6 Å². The molecule has 0 atom stereocenters. The third-order valence-electron chi connectivity index (χ3n) is 5.37. The normalized spacial score (nSPS) is 12.2. The van der Waals surface area contributed by atoms with Gasteiger partial charge in [-0.25, -0.2) is 4.79 Å². The Kier molecular flexibility index (Phi) is 13.4. The molecule has 7 heteroatoms. The summed E-state index contributed by atoms with van der Waals surface area (Å²) >= 11 is 6.27. The van der Waals surface area contributed by atoms with Gasteiger partial charge < -0.3 is 20.5 Å². The number of nitrogens with zero attached hydrogens (tertiary/aromatic N) is 1. The van der Waals surface area contributed by atoms with Crippen molar-refractivity contribution >= 4 is 36.0 Å². The first-order valence-corrected chi connectivity index (χ1v) is 13.2. The zero-order valence-electron chi connectivity index (χ0n) is 20.5. The number of thioether (sulfide) groups is 1. The van der Waals surface area contributed by atoms with Gasteiger partial charge in [0.2, 0.25) is 0 Å². The van der Waals surface area contributed by atoms with Crippen molar-refractivity contribution in [2.75, 3.05) is 24.3 Å². The number of benzene rings is 1. The molecule has 0 aliphatic carbocycles. The number of unbranched alkanes of at least 4 members (excludes halogenated alkanes) is 2. The fourth-order valence-electron chi connectivity index (χ4n) is 3.66. The van der Waals surface area contributed by atoms with Crippen LogP contribution >= 0.6 is 24.4 Å². The Morgan fingerprint density at radius 1 is 1.30 bits per heavy atom. The summed E-state index contributed by atoms with van der Waals surface area (Å²) in [6, 6.07) is 3.79. The molecule has 1 rings (SSSR count). The lowest BCUT2D eigenvalue weighted by Crippen LogP contribution is -2.50. The molecular formula is C26H40N2O3S2. The van der Waals surface area contributed by atoms with E-state index in [1.807, 2.05) is 37.5 Å². The van der Waals surface area contributed by atoms with Crippen LogP contribution in [0.3, 0.4) is 0 Å². The molecule has 0 bridgehead atoms. The maximum absolute atomic E-state index is 11.0. The Bertz CT molecular complexity index is 829. The van der Waals surface area contributed by atoms with E-state index in [1.54, 1.807) is 12.1 Å². The highest BCUT2D eigenvalue weighted by molar-refractivity contribution is 7.98. The average Bonchev–Trinajstić information content (AvgIpc) is 2.79. The van der Waals surface area contributed by atoms with Crippen molar-refractivity contribution in [3.8, 4) is 5.75 Å². The quantitative estimate of drug-likeness (QED) is 0.136. The molecule has 1 aromatic rings. The molecule has 3 N–H and O–H groups in total. The van der Waals surface area contributed by atoms with E-state index in [0.29, 0.717) is 17.2 Å². The molecule has 1 aromatic carbocycles. The van der Waals surface area contributed by atoms with Crippen LogP contribution in [-0.4, -0.2) is 36.0 Å². The van der Waals surface area contributed by atoms with Gasteiger partial charge in [-0.15, -0.1) is 24.4 Å². The zero-order valence-corrected chi connectivity index (χ0v) is 22.2. The number of carbonyl (C=O) groups is 1. The number of carboxylic acid groups (broad SMARTS) is 1. The van der Waals surface area contributed by atoms with E-state index in [9.17, 15) is 4.79 Å². The second-order valence-corrected chi connectivity index (χ2v) is 9.49. The van der Waals surface area contributed by atoms with Crippen LogP contribution in [-0.2, 0) is 4.79 Å². The first-order chi connectivity index (χ1) is 15.7. The number of aliphatic carboxylic acids is 1. The summed E-state index contributed by atoms with van der Waals surface area (Å²) in [4.78, 5) is 14.7. The van der Waals surface area contributed by atoms with Crippen LogP contribution < -0.4 is 15.4 Å². The third kappa shape index (κ3) is 9.51. The molecule has 184 valence electrons. The highest BCUT2D eigenvalue weighted by atomic mass is 32.2. The van der Waals surface area contributed by atoms with Crippen LogP contribution in [0.5, 0.6) is 5.75 Å². The first kappa shape index (κ1) is 29.2. The Balaban J connectivity index is 3.57. The lowest BCUT2D eigenvalue weighted by Gasteiger charge is -2.38. The lowest BCUT2D eigenvalue weighted by atomic mass is 9.87. The molecule has 5 nitrogen and oxygen atoms in total. The number of nitrogens with two attached hydrogens (primary N) is 1. The standard InChI is InChI=1S/C26H40N2O3S2/c1-6-10-14-26(27,15-11-7-2)19-28(20(12-8-3)13-9-4)21-16-24(33-5)22(17-23(21)32)31-18-25(29)30/h8-9,12-13,16-17,32H,3,6-7,10-11,14-15,18-19,27H2,1-2,4-5H3,(H,29,30)/b13-9-,20-12+. The topological polar surface area (TPSA) is 75.8 Å². The molecule has 33 heavy (non-hydrogen) atoms. The van der Waals surface area contributed by atoms with Crippen LogP contribution in [0.4, 0.5) is 5.69 Å². The van der Waals surface area contributed by atoms with E-state index in [4.69, 9.17) is 28.2 Å². The van der Waals surface area contributed by atoms with Crippen LogP contribution in [0.15, 0.2) is 58.5 Å². The fourth-order valence-corrected chi connectivity index (χ4v) is 4.52. The van der Waals surface area contributed by atoms with Gasteiger partial charge in [-0.2, -0.15) is 0 Å². The summed E-state index contributed by atoms with van der Waals surface area (Å²) in [5.41, 5.74) is 8.55. The predicted octanol–water partition coefficient (Wildman–Crippen LogP) is 6.69. The van der Waals surface area contributed by atoms with Crippen molar-refractivity contribution in [1.29, 1.82) is 0 Å². The van der Waals surface area contributed by atoms with Crippen LogP contribution in [0.2, 0.25) is 0 Å². The van der Waals surface area contributed by atoms with E-state index in [0.717, 1.165) is 54.8 Å². The number of rotatable bonds is 16. The number of ether oxygens (including phenoxy) is 1. The molecule has 0 unspecified atom stereocenters. The van der Waals surface area contributed by atoms with Crippen LogP contribution in [0, 0.1) is 0 Å². The fraction of sp³-hybridized carbons (Fsp3) is 0.500. The number of thiol groups is 1. The van der Waals surface area contributed by atoms with E-state index >= 15 is 0 Å². The number of anilines is 1. The summed E-state index contributed by atoms with van der Waals surface area (Å²) in [7, 11) is 0. The van der Waals surface area contributed by atoms with Gasteiger partial charge in [-0.1, -0.05) is 58.3 Å². The van der Waals surface area contributed by atoms with Crippen molar-refractivity contribution in [1.82, 2.24) is 0 Å². The Labute approximate surface area is 209 Å². The van der Waals surface area contributed by atoms with Gasteiger partial charge in [0.15, 0.2) is 6.61 Å². The summed E-state index contributed by atoms with van der Waals surface area (Å²) < 4.78 is 5.51. The van der Waals surface area contributed by atoms with Crippen molar-refractivity contribution in [2.24, 2.45) is 5.73 Å². The minimum Gasteiger partial charge on any atom is -0.481 e. The molecule has 0 heterocycles. The summed E-state index contributed by atoms with van der Waals surface area (Å²) in [5, 5.41) is 9.01. The van der Waals surface area contributed by atoms with Crippen LogP contribution in [0.25, 0.3) is 0 Å². The highest BCUT2D eigenvalue weighted by Crippen LogP contribution is 2.39. The molecular weight excluding hydrogens is 452 g/mol. The molecule has 0 spiro atoms. The SMILES string of the molecule is C=C/C=C(\C=C/C)N(CC(N)(CCCC)CCCC)c1cc(SC)c(OCC(=O)O)cc1S. The molecule has 0 aliphatic heterocycles. The second-order valence-electron chi connectivity index (χ2n) is 8.16. The van der Waals surface area contributed by atoms with Gasteiger partial charge in [-0.3, -0.25) is 0 Å². The number of allylic oxidation sites excluding steroid dienone is 4. The Morgan fingerprint density at radius 2 is 1.94 bits per heavy atom. The van der Waals surface area contributed by atoms with Gasteiger partial charge in [0, 0.05) is 22.7 Å². The van der Waals surface area contributed by atoms with Crippen LogP contribution in [0.1, 0.15) is 59.3 Å².